The van der Waals surface area contributed by atoms with Gasteiger partial charge < -0.3 is 14.2 Å². The van der Waals surface area contributed by atoms with Gasteiger partial charge in [0.1, 0.15) is 17.8 Å². The predicted octanol–water partition coefficient (Wildman–Crippen LogP) is 2.11. The maximum atomic E-state index is 11.1. The van der Waals surface area contributed by atoms with Crippen LogP contribution in [0.15, 0.2) is 12.2 Å². The van der Waals surface area contributed by atoms with Crippen LogP contribution in [0.25, 0.3) is 0 Å². The molecule has 1 spiro atoms. The minimum Gasteiger partial charge on any atom is -0.456 e. The average molecular weight is 291 g/mol. The first-order chi connectivity index (χ1) is 10.0. The predicted molar refractivity (Wildman–Crippen MR) is 74.2 cm³/mol. The molecule has 0 aromatic rings. The lowest BCUT2D eigenvalue weighted by atomic mass is 9.81. The Kier molecular flexibility index (Phi) is 3.76. The Bertz CT molecular complexity index is 497. The molecule has 0 saturated carbocycles. The molecule has 2 saturated heterocycles. The number of hydrogen-bond acceptors (Lipinski definition) is 5. The SMILES string of the molecule is CC(=O)O[C@@H]1C=C[C@]23C[C@H]1O[C@H]2CC[C@H](C[C@@H](C)C#N)O3. The fraction of sp³-hybridized carbons (Fsp3) is 0.750. The van der Waals surface area contributed by atoms with Gasteiger partial charge in [0.15, 0.2) is 0 Å². The molecule has 0 radical (unpaired) electrons. The zero-order chi connectivity index (χ0) is 15.0. The van der Waals surface area contributed by atoms with Crippen molar-refractivity contribution in [3.63, 3.8) is 0 Å². The zero-order valence-electron chi connectivity index (χ0n) is 12.5. The smallest absolute Gasteiger partial charge is 0.303 e. The lowest BCUT2D eigenvalue weighted by Crippen LogP contribution is -2.48. The maximum absolute atomic E-state index is 11.1. The summed E-state index contributed by atoms with van der Waals surface area (Å²) in [6.07, 6.45) is 6.95. The number of rotatable bonds is 3. The number of ether oxygens (including phenoxy) is 3. The minimum atomic E-state index is -0.389. The molecule has 5 nitrogen and oxygen atoms in total. The highest BCUT2D eigenvalue weighted by Gasteiger charge is 2.55. The van der Waals surface area contributed by atoms with E-state index in [4.69, 9.17) is 19.5 Å². The van der Waals surface area contributed by atoms with E-state index in [-0.39, 0.29) is 41.9 Å². The van der Waals surface area contributed by atoms with Crippen molar-refractivity contribution >= 4 is 5.97 Å². The lowest BCUT2D eigenvalue weighted by Gasteiger charge is -2.41. The largest absolute Gasteiger partial charge is 0.456 e. The van der Waals surface area contributed by atoms with Crippen molar-refractivity contribution in [3.05, 3.63) is 12.2 Å². The quantitative estimate of drug-likeness (QED) is 0.588. The molecular formula is C16H21NO4. The van der Waals surface area contributed by atoms with Crippen LogP contribution in [0.1, 0.15) is 39.5 Å². The molecule has 6 atom stereocenters. The van der Waals surface area contributed by atoms with E-state index in [9.17, 15) is 4.79 Å². The van der Waals surface area contributed by atoms with Gasteiger partial charge in [-0.3, -0.25) is 4.79 Å². The first kappa shape index (κ1) is 14.6. The van der Waals surface area contributed by atoms with E-state index in [0.29, 0.717) is 0 Å². The number of nitriles is 1. The summed E-state index contributed by atoms with van der Waals surface area (Å²) in [5.41, 5.74) is -0.389. The molecule has 21 heavy (non-hydrogen) atoms. The second kappa shape index (κ2) is 5.43. The van der Waals surface area contributed by atoms with Crippen LogP contribution in [0.4, 0.5) is 0 Å². The Hall–Kier alpha value is -1.38. The molecule has 0 amide bonds. The van der Waals surface area contributed by atoms with Crippen LogP contribution in [0.2, 0.25) is 0 Å². The van der Waals surface area contributed by atoms with Gasteiger partial charge in [-0.2, -0.15) is 5.26 Å². The molecule has 2 heterocycles. The van der Waals surface area contributed by atoms with E-state index in [1.807, 2.05) is 19.1 Å². The van der Waals surface area contributed by atoms with Crippen molar-refractivity contribution in [2.24, 2.45) is 5.92 Å². The van der Waals surface area contributed by atoms with Crippen LogP contribution in [-0.2, 0) is 19.0 Å². The van der Waals surface area contributed by atoms with Gasteiger partial charge >= 0.3 is 5.97 Å². The maximum Gasteiger partial charge on any atom is 0.303 e. The van der Waals surface area contributed by atoms with Crippen molar-refractivity contribution in [1.82, 2.24) is 0 Å². The molecule has 2 fully saturated rings. The Morgan fingerprint density at radius 2 is 2.38 bits per heavy atom. The highest BCUT2D eigenvalue weighted by Crippen LogP contribution is 2.47. The highest BCUT2D eigenvalue weighted by atomic mass is 16.6. The highest BCUT2D eigenvalue weighted by molar-refractivity contribution is 5.66. The summed E-state index contributed by atoms with van der Waals surface area (Å²) in [6, 6.07) is 2.27. The third-order valence-corrected chi connectivity index (χ3v) is 4.61. The van der Waals surface area contributed by atoms with Gasteiger partial charge in [0.25, 0.3) is 0 Å². The summed E-state index contributed by atoms with van der Waals surface area (Å²) in [6.45, 7) is 3.34. The Labute approximate surface area is 124 Å². The van der Waals surface area contributed by atoms with E-state index in [1.54, 1.807) is 0 Å². The Morgan fingerprint density at radius 3 is 3.10 bits per heavy atom. The van der Waals surface area contributed by atoms with Gasteiger partial charge in [-0.1, -0.05) is 6.08 Å². The molecule has 0 aromatic carbocycles. The Morgan fingerprint density at radius 1 is 1.57 bits per heavy atom. The van der Waals surface area contributed by atoms with Crippen molar-refractivity contribution in [3.8, 4) is 6.07 Å². The van der Waals surface area contributed by atoms with Crippen LogP contribution in [-0.4, -0.2) is 36.0 Å². The van der Waals surface area contributed by atoms with Gasteiger partial charge in [0.05, 0.1) is 18.3 Å². The fourth-order valence-corrected chi connectivity index (χ4v) is 3.67. The third kappa shape index (κ3) is 2.70. The van der Waals surface area contributed by atoms with E-state index in [2.05, 4.69) is 6.07 Å². The summed E-state index contributed by atoms with van der Waals surface area (Å²) in [7, 11) is 0. The van der Waals surface area contributed by atoms with Crippen molar-refractivity contribution in [1.29, 1.82) is 5.26 Å². The van der Waals surface area contributed by atoms with Gasteiger partial charge in [-0.05, 0) is 32.3 Å². The van der Waals surface area contributed by atoms with Gasteiger partial charge in [0, 0.05) is 19.3 Å². The molecule has 0 aromatic heterocycles. The van der Waals surface area contributed by atoms with Gasteiger partial charge in [-0.15, -0.1) is 0 Å². The van der Waals surface area contributed by atoms with Crippen LogP contribution >= 0.6 is 0 Å². The summed E-state index contributed by atoms with van der Waals surface area (Å²) in [4.78, 5) is 11.1. The normalized spacial score (nSPS) is 42.0. The second-order valence-corrected chi connectivity index (χ2v) is 6.34. The van der Waals surface area contributed by atoms with E-state index >= 15 is 0 Å². The zero-order valence-corrected chi connectivity index (χ0v) is 12.5. The van der Waals surface area contributed by atoms with Crippen molar-refractivity contribution in [2.45, 2.75) is 69.5 Å². The summed E-state index contributed by atoms with van der Waals surface area (Å²) >= 11 is 0. The molecule has 114 valence electrons. The number of fused-ring (bicyclic) bond motifs is 1. The Balaban J connectivity index is 1.71. The van der Waals surface area contributed by atoms with Crippen molar-refractivity contribution < 1.29 is 19.0 Å². The summed E-state index contributed by atoms with van der Waals surface area (Å²) in [5.74, 6) is -0.289. The molecule has 1 aliphatic carbocycles. The average Bonchev–Trinajstić information content (AvgIpc) is 2.75. The molecule has 0 unspecified atom stereocenters. The molecule has 5 heteroatoms. The second-order valence-electron chi connectivity index (χ2n) is 6.34. The van der Waals surface area contributed by atoms with Crippen LogP contribution in [0.3, 0.4) is 0 Å². The molecule has 0 N–H and O–H groups in total. The summed E-state index contributed by atoms with van der Waals surface area (Å²) < 4.78 is 17.6. The molecule has 2 bridgehead atoms. The number of hydrogen-bond donors (Lipinski definition) is 0. The first-order valence-corrected chi connectivity index (χ1v) is 7.62. The van der Waals surface area contributed by atoms with Crippen LogP contribution in [0.5, 0.6) is 0 Å². The monoisotopic (exact) mass is 291 g/mol. The lowest BCUT2D eigenvalue weighted by molar-refractivity contribution is -0.152. The summed E-state index contributed by atoms with van der Waals surface area (Å²) in [5, 5.41) is 8.95. The van der Waals surface area contributed by atoms with Gasteiger partial charge in [-0.25, -0.2) is 0 Å². The number of carbonyl (C=O) groups excluding carboxylic acids is 1. The number of nitrogens with zero attached hydrogens (tertiary/aromatic N) is 1. The van der Waals surface area contributed by atoms with E-state index in [0.717, 1.165) is 25.7 Å². The standard InChI is InChI=1S/C16H21NO4/c1-10(9-17)7-12-3-4-15-16(21-12)6-5-13(19-11(2)18)14(8-16)20-15/h5-6,10,12-15H,3-4,7-8H2,1-2H3/t10-,12-,13-,14-,15+,16+/m1/s1. The van der Waals surface area contributed by atoms with Crippen LogP contribution in [0, 0.1) is 17.2 Å². The topological polar surface area (TPSA) is 68.5 Å². The third-order valence-electron chi connectivity index (χ3n) is 4.61. The van der Waals surface area contributed by atoms with Gasteiger partial charge in [0.2, 0.25) is 0 Å². The molecule has 3 aliphatic rings. The first-order valence-electron chi connectivity index (χ1n) is 7.62. The van der Waals surface area contributed by atoms with E-state index < -0.39 is 0 Å². The molecule has 3 rings (SSSR count). The fourth-order valence-electron chi connectivity index (χ4n) is 3.67. The minimum absolute atomic E-state index is 0.00225. The number of esters is 1. The number of carbonyl (C=O) groups is 1. The molecule has 2 aliphatic heterocycles. The molecular weight excluding hydrogens is 270 g/mol. The van der Waals surface area contributed by atoms with Crippen molar-refractivity contribution in [2.75, 3.05) is 0 Å². The van der Waals surface area contributed by atoms with Crippen LogP contribution < -0.4 is 0 Å². The van der Waals surface area contributed by atoms with E-state index in [1.165, 1.54) is 6.92 Å².